The van der Waals surface area contributed by atoms with Crippen LogP contribution in [0.25, 0.3) is 0 Å². The van der Waals surface area contributed by atoms with Crippen LogP contribution in [0.2, 0.25) is 0 Å². The molecule has 5 nitrogen and oxygen atoms in total. The van der Waals surface area contributed by atoms with Gasteiger partial charge in [-0.05, 0) is 37.8 Å². The largest absolute Gasteiger partial charge is 0.375 e. The van der Waals surface area contributed by atoms with Gasteiger partial charge in [0, 0.05) is 25.7 Å². The standard InChI is InChI=1S/C14H26N2O3S2/c1-6-19-14(4,5)10-16-21(17,18)13-7-12(9-20-13)8-15-11(2)3/h7,9,11,15-16H,6,8,10H2,1-5H3. The van der Waals surface area contributed by atoms with E-state index in [4.69, 9.17) is 4.74 Å². The first-order valence-corrected chi connectivity index (χ1v) is 9.47. The molecule has 122 valence electrons. The predicted octanol–water partition coefficient (Wildman–Crippen LogP) is 2.34. The van der Waals surface area contributed by atoms with E-state index < -0.39 is 15.6 Å². The van der Waals surface area contributed by atoms with Crippen LogP contribution >= 0.6 is 11.3 Å². The molecular weight excluding hydrogens is 308 g/mol. The molecule has 2 N–H and O–H groups in total. The van der Waals surface area contributed by atoms with Crippen molar-refractivity contribution in [2.24, 2.45) is 0 Å². The number of hydrogen-bond donors (Lipinski definition) is 2. The number of nitrogens with one attached hydrogen (secondary N) is 2. The number of ether oxygens (including phenoxy) is 1. The van der Waals surface area contributed by atoms with E-state index in [1.807, 2.05) is 26.2 Å². The molecule has 1 heterocycles. The number of rotatable bonds is 9. The van der Waals surface area contributed by atoms with E-state index in [1.165, 1.54) is 11.3 Å². The fourth-order valence-electron chi connectivity index (χ4n) is 1.69. The molecule has 0 radical (unpaired) electrons. The van der Waals surface area contributed by atoms with E-state index in [2.05, 4.69) is 23.9 Å². The summed E-state index contributed by atoms with van der Waals surface area (Å²) in [4.78, 5) is 0. The fourth-order valence-corrected chi connectivity index (χ4v) is 4.14. The molecule has 0 fully saturated rings. The van der Waals surface area contributed by atoms with Crippen LogP contribution in [0.5, 0.6) is 0 Å². The first-order chi connectivity index (χ1) is 9.66. The van der Waals surface area contributed by atoms with Crippen LogP contribution in [0.4, 0.5) is 0 Å². The summed E-state index contributed by atoms with van der Waals surface area (Å²) in [6, 6.07) is 2.09. The lowest BCUT2D eigenvalue weighted by molar-refractivity contribution is -0.00514. The SMILES string of the molecule is CCOC(C)(C)CNS(=O)(=O)c1cc(CNC(C)C)cs1. The summed E-state index contributed by atoms with van der Waals surface area (Å²) >= 11 is 1.24. The second-order valence-electron chi connectivity index (χ2n) is 5.83. The second kappa shape index (κ2) is 7.69. The second-order valence-corrected chi connectivity index (χ2v) is 8.73. The molecule has 0 bridgehead atoms. The van der Waals surface area contributed by atoms with Crippen molar-refractivity contribution in [1.82, 2.24) is 10.0 Å². The van der Waals surface area contributed by atoms with E-state index in [1.54, 1.807) is 6.07 Å². The Kier molecular flexibility index (Phi) is 6.80. The maximum absolute atomic E-state index is 12.3. The molecule has 0 aliphatic heterocycles. The van der Waals surface area contributed by atoms with Crippen molar-refractivity contribution < 1.29 is 13.2 Å². The summed E-state index contributed by atoms with van der Waals surface area (Å²) in [6.07, 6.45) is 0. The van der Waals surface area contributed by atoms with Gasteiger partial charge in [0.1, 0.15) is 4.21 Å². The highest BCUT2D eigenvalue weighted by molar-refractivity contribution is 7.91. The van der Waals surface area contributed by atoms with Crippen LogP contribution in [-0.2, 0) is 21.3 Å². The molecule has 0 unspecified atom stereocenters. The molecule has 0 atom stereocenters. The van der Waals surface area contributed by atoms with E-state index in [-0.39, 0.29) is 6.54 Å². The molecule has 0 saturated carbocycles. The Labute approximate surface area is 132 Å². The lowest BCUT2D eigenvalue weighted by Gasteiger charge is -2.24. The van der Waals surface area contributed by atoms with Crippen molar-refractivity contribution in [3.05, 3.63) is 17.0 Å². The maximum atomic E-state index is 12.3. The normalized spacial score (nSPS) is 13.0. The van der Waals surface area contributed by atoms with Crippen molar-refractivity contribution in [3.8, 4) is 0 Å². The third-order valence-electron chi connectivity index (χ3n) is 2.83. The van der Waals surface area contributed by atoms with Gasteiger partial charge >= 0.3 is 0 Å². The minimum atomic E-state index is -3.47. The Bertz CT molecular complexity index is 536. The van der Waals surface area contributed by atoms with Crippen LogP contribution in [0.15, 0.2) is 15.7 Å². The smallest absolute Gasteiger partial charge is 0.250 e. The van der Waals surface area contributed by atoms with Gasteiger partial charge in [-0.1, -0.05) is 13.8 Å². The van der Waals surface area contributed by atoms with Crippen molar-refractivity contribution in [2.75, 3.05) is 13.2 Å². The van der Waals surface area contributed by atoms with Crippen LogP contribution in [0.1, 0.15) is 40.2 Å². The summed E-state index contributed by atoms with van der Waals surface area (Å²) < 4.78 is 33.0. The van der Waals surface area contributed by atoms with Crippen LogP contribution in [-0.4, -0.2) is 33.2 Å². The Morgan fingerprint density at radius 2 is 2.05 bits per heavy atom. The summed E-state index contributed by atoms with van der Waals surface area (Å²) in [7, 11) is -3.47. The molecule has 0 aromatic carbocycles. The Balaban J connectivity index is 2.66. The fraction of sp³-hybridized carbons (Fsp3) is 0.714. The van der Waals surface area contributed by atoms with Gasteiger partial charge in [0.05, 0.1) is 5.60 Å². The molecule has 0 aliphatic rings. The van der Waals surface area contributed by atoms with Crippen molar-refractivity contribution in [2.45, 2.75) is 57.0 Å². The average Bonchev–Trinajstić information content (AvgIpc) is 2.84. The van der Waals surface area contributed by atoms with Gasteiger partial charge in [0.2, 0.25) is 10.0 Å². The topological polar surface area (TPSA) is 67.4 Å². The number of sulfonamides is 1. The highest BCUT2D eigenvalue weighted by atomic mass is 32.2. The molecule has 0 saturated heterocycles. The van der Waals surface area contributed by atoms with Gasteiger partial charge < -0.3 is 10.1 Å². The Morgan fingerprint density at radius 3 is 2.62 bits per heavy atom. The lowest BCUT2D eigenvalue weighted by Crippen LogP contribution is -2.40. The quantitative estimate of drug-likeness (QED) is 0.727. The van der Waals surface area contributed by atoms with Crippen molar-refractivity contribution >= 4 is 21.4 Å². The van der Waals surface area contributed by atoms with Crippen LogP contribution in [0, 0.1) is 0 Å². The summed E-state index contributed by atoms with van der Waals surface area (Å²) in [5.74, 6) is 0. The molecule has 1 rings (SSSR count). The molecule has 0 aliphatic carbocycles. The van der Waals surface area contributed by atoms with Crippen molar-refractivity contribution in [1.29, 1.82) is 0 Å². The van der Waals surface area contributed by atoms with Gasteiger partial charge in [-0.3, -0.25) is 0 Å². The third-order valence-corrected chi connectivity index (χ3v) is 5.72. The van der Waals surface area contributed by atoms with Gasteiger partial charge in [-0.15, -0.1) is 11.3 Å². The number of thiophene rings is 1. The minimum absolute atomic E-state index is 0.251. The molecule has 1 aromatic rings. The molecular formula is C14H26N2O3S2. The van der Waals surface area contributed by atoms with Gasteiger partial charge in [0.25, 0.3) is 0 Å². The highest BCUT2D eigenvalue weighted by Gasteiger charge is 2.23. The number of hydrogen-bond acceptors (Lipinski definition) is 5. The van der Waals surface area contributed by atoms with Crippen LogP contribution in [0.3, 0.4) is 0 Å². The zero-order valence-electron chi connectivity index (χ0n) is 13.4. The van der Waals surface area contributed by atoms with E-state index >= 15 is 0 Å². The average molecular weight is 335 g/mol. The predicted molar refractivity (Wildman–Crippen MR) is 87.2 cm³/mol. The minimum Gasteiger partial charge on any atom is -0.375 e. The summed E-state index contributed by atoms with van der Waals surface area (Å²) in [6.45, 7) is 11.2. The lowest BCUT2D eigenvalue weighted by atomic mass is 10.1. The summed E-state index contributed by atoms with van der Waals surface area (Å²) in [5, 5.41) is 5.14. The molecule has 0 spiro atoms. The Hall–Kier alpha value is -0.470. The summed E-state index contributed by atoms with van der Waals surface area (Å²) in [5.41, 5.74) is 0.472. The molecule has 21 heavy (non-hydrogen) atoms. The first kappa shape index (κ1) is 18.6. The first-order valence-electron chi connectivity index (χ1n) is 7.10. The molecule has 7 heteroatoms. The van der Waals surface area contributed by atoms with Gasteiger partial charge in [0.15, 0.2) is 0 Å². The van der Waals surface area contributed by atoms with Gasteiger partial charge in [-0.2, -0.15) is 0 Å². The van der Waals surface area contributed by atoms with E-state index in [0.29, 0.717) is 23.4 Å². The monoisotopic (exact) mass is 334 g/mol. The highest BCUT2D eigenvalue weighted by Crippen LogP contribution is 2.20. The maximum Gasteiger partial charge on any atom is 0.250 e. The zero-order chi connectivity index (χ0) is 16.1. The molecule has 1 aromatic heterocycles. The molecule has 0 amide bonds. The third kappa shape index (κ3) is 6.44. The van der Waals surface area contributed by atoms with Crippen LogP contribution < -0.4 is 10.0 Å². The van der Waals surface area contributed by atoms with Crippen molar-refractivity contribution in [3.63, 3.8) is 0 Å². The van der Waals surface area contributed by atoms with E-state index in [9.17, 15) is 8.42 Å². The van der Waals surface area contributed by atoms with Gasteiger partial charge in [-0.25, -0.2) is 13.1 Å². The van der Waals surface area contributed by atoms with E-state index in [0.717, 1.165) is 5.56 Å². The Morgan fingerprint density at radius 1 is 1.38 bits per heavy atom. The zero-order valence-corrected chi connectivity index (χ0v) is 15.0.